The zero-order chi connectivity index (χ0) is 9.56. The number of nitrogens with two attached hydrogens (primary N) is 1. The van der Waals surface area contributed by atoms with E-state index >= 15 is 0 Å². The molecule has 4 heteroatoms. The number of nitrogens with one attached hydrogen (secondary N) is 1. The van der Waals surface area contributed by atoms with E-state index < -0.39 is 6.04 Å². The zero-order valence-electron chi connectivity index (χ0n) is 7.71. The number of hydrogen-bond acceptors (Lipinski definition) is 3. The first-order valence-corrected chi connectivity index (χ1v) is 4.28. The van der Waals surface area contributed by atoms with E-state index in [1.54, 1.807) is 6.92 Å². The van der Waals surface area contributed by atoms with Crippen LogP contribution in [0.2, 0.25) is 0 Å². The van der Waals surface area contributed by atoms with Crippen LogP contribution < -0.4 is 11.1 Å². The normalized spacial score (nSPS) is 15.3. The summed E-state index contributed by atoms with van der Waals surface area (Å²) in [6, 6.07) is -0.649. The highest BCUT2D eigenvalue weighted by Gasteiger charge is 2.13. The van der Waals surface area contributed by atoms with E-state index in [-0.39, 0.29) is 18.6 Å². The zero-order valence-corrected chi connectivity index (χ0v) is 7.71. The molecule has 0 saturated heterocycles. The average molecular weight is 174 g/mol. The Morgan fingerprint density at radius 2 is 2.25 bits per heavy atom. The van der Waals surface area contributed by atoms with Crippen molar-refractivity contribution in [2.45, 2.75) is 38.8 Å². The molecular weight excluding hydrogens is 156 g/mol. The second-order valence-electron chi connectivity index (χ2n) is 2.99. The number of aliphatic hydroxyl groups is 1. The minimum absolute atomic E-state index is 0.0510. The molecule has 0 aliphatic carbocycles. The van der Waals surface area contributed by atoms with E-state index in [9.17, 15) is 4.79 Å². The lowest BCUT2D eigenvalue weighted by atomic mass is 10.1. The minimum Gasteiger partial charge on any atom is -0.394 e. The van der Waals surface area contributed by atoms with Gasteiger partial charge in [0.15, 0.2) is 0 Å². The summed E-state index contributed by atoms with van der Waals surface area (Å²) in [7, 11) is 0. The third-order valence-electron chi connectivity index (χ3n) is 1.60. The Balaban J connectivity index is 3.70. The Morgan fingerprint density at radius 3 is 2.67 bits per heavy atom. The molecule has 1 amide bonds. The summed E-state index contributed by atoms with van der Waals surface area (Å²) < 4.78 is 0. The molecule has 12 heavy (non-hydrogen) atoms. The van der Waals surface area contributed by atoms with Gasteiger partial charge in [-0.05, 0) is 13.3 Å². The van der Waals surface area contributed by atoms with Crippen molar-refractivity contribution in [1.82, 2.24) is 5.32 Å². The molecule has 0 aromatic heterocycles. The van der Waals surface area contributed by atoms with Crippen LogP contribution in [0.3, 0.4) is 0 Å². The maximum atomic E-state index is 11.2. The van der Waals surface area contributed by atoms with Crippen LogP contribution in [0.25, 0.3) is 0 Å². The highest BCUT2D eigenvalue weighted by molar-refractivity contribution is 5.81. The molecule has 0 heterocycles. The van der Waals surface area contributed by atoms with Crippen molar-refractivity contribution in [2.75, 3.05) is 6.61 Å². The summed E-state index contributed by atoms with van der Waals surface area (Å²) in [5.74, 6) is -0.182. The van der Waals surface area contributed by atoms with Crippen LogP contribution in [-0.2, 0) is 4.79 Å². The minimum atomic E-state index is -0.441. The van der Waals surface area contributed by atoms with Crippen LogP contribution in [0.5, 0.6) is 0 Å². The largest absolute Gasteiger partial charge is 0.394 e. The van der Waals surface area contributed by atoms with Crippen LogP contribution in [0.15, 0.2) is 0 Å². The first-order chi connectivity index (χ1) is 5.61. The van der Waals surface area contributed by atoms with E-state index in [1.807, 2.05) is 6.92 Å². The number of hydrogen-bond donors (Lipinski definition) is 3. The molecule has 1 unspecified atom stereocenters. The molecule has 0 aromatic rings. The van der Waals surface area contributed by atoms with Gasteiger partial charge in [0.2, 0.25) is 5.91 Å². The molecule has 0 spiro atoms. The van der Waals surface area contributed by atoms with Crippen molar-refractivity contribution in [3.8, 4) is 0 Å². The monoisotopic (exact) mass is 174 g/mol. The molecule has 0 rings (SSSR count). The van der Waals surface area contributed by atoms with Gasteiger partial charge in [-0.1, -0.05) is 13.3 Å². The third kappa shape index (κ3) is 4.31. The van der Waals surface area contributed by atoms with Gasteiger partial charge in [-0.3, -0.25) is 4.79 Å². The second kappa shape index (κ2) is 5.97. The van der Waals surface area contributed by atoms with Gasteiger partial charge in [0, 0.05) is 6.04 Å². The second-order valence-corrected chi connectivity index (χ2v) is 2.99. The van der Waals surface area contributed by atoms with E-state index in [1.165, 1.54) is 0 Å². The van der Waals surface area contributed by atoms with Crippen molar-refractivity contribution in [1.29, 1.82) is 0 Å². The van der Waals surface area contributed by atoms with Gasteiger partial charge in [0.05, 0.1) is 12.6 Å². The molecule has 4 N–H and O–H groups in total. The van der Waals surface area contributed by atoms with Gasteiger partial charge >= 0.3 is 0 Å². The third-order valence-corrected chi connectivity index (χ3v) is 1.60. The van der Waals surface area contributed by atoms with Crippen LogP contribution in [0, 0.1) is 0 Å². The van der Waals surface area contributed by atoms with Gasteiger partial charge in [-0.25, -0.2) is 0 Å². The Morgan fingerprint density at radius 1 is 1.67 bits per heavy atom. The van der Waals surface area contributed by atoms with Crippen LogP contribution in [0.1, 0.15) is 26.7 Å². The van der Waals surface area contributed by atoms with Gasteiger partial charge < -0.3 is 16.2 Å². The van der Waals surface area contributed by atoms with E-state index in [4.69, 9.17) is 10.8 Å². The molecule has 0 radical (unpaired) electrons. The summed E-state index contributed by atoms with van der Waals surface area (Å²) in [5, 5.41) is 11.2. The quantitative estimate of drug-likeness (QED) is 0.531. The summed E-state index contributed by atoms with van der Waals surface area (Å²) in [5.41, 5.74) is 5.54. The van der Waals surface area contributed by atoms with Crippen molar-refractivity contribution < 1.29 is 9.90 Å². The number of carbonyl (C=O) groups is 1. The molecule has 4 nitrogen and oxygen atoms in total. The van der Waals surface area contributed by atoms with Crippen molar-refractivity contribution in [2.24, 2.45) is 5.73 Å². The maximum absolute atomic E-state index is 11.2. The van der Waals surface area contributed by atoms with Crippen LogP contribution in [-0.4, -0.2) is 29.7 Å². The lowest BCUT2D eigenvalue weighted by Crippen LogP contribution is -2.45. The standard InChI is InChI=1S/C8H18N2O2/c1-3-4-7(9)8(12)10-6(2)5-11/h6-7,11H,3-5,9H2,1-2H3,(H,10,12)/t6?,7-/m0/s1. The first kappa shape index (κ1) is 11.4. The highest BCUT2D eigenvalue weighted by Crippen LogP contribution is 1.93. The lowest BCUT2D eigenvalue weighted by molar-refractivity contribution is -0.123. The summed E-state index contributed by atoms with van der Waals surface area (Å²) in [6.45, 7) is 3.66. The van der Waals surface area contributed by atoms with E-state index in [2.05, 4.69) is 5.32 Å². The van der Waals surface area contributed by atoms with Gasteiger partial charge in [-0.15, -0.1) is 0 Å². The van der Waals surface area contributed by atoms with Crippen LogP contribution >= 0.6 is 0 Å². The highest BCUT2D eigenvalue weighted by atomic mass is 16.3. The predicted molar refractivity (Wildman–Crippen MR) is 47.6 cm³/mol. The SMILES string of the molecule is CCC[C@H](N)C(=O)NC(C)CO. The molecule has 0 fully saturated rings. The van der Waals surface area contributed by atoms with Gasteiger partial charge in [0.1, 0.15) is 0 Å². The summed E-state index contributed by atoms with van der Waals surface area (Å²) in [4.78, 5) is 11.2. The molecule has 2 atom stereocenters. The fourth-order valence-electron chi connectivity index (χ4n) is 0.838. The molecule has 0 aliphatic heterocycles. The molecule has 0 saturated carbocycles. The number of rotatable bonds is 5. The van der Waals surface area contributed by atoms with Crippen molar-refractivity contribution in [3.63, 3.8) is 0 Å². The number of carbonyl (C=O) groups excluding carboxylic acids is 1. The van der Waals surface area contributed by atoms with Gasteiger partial charge in [0.25, 0.3) is 0 Å². The molecule has 0 aromatic carbocycles. The lowest BCUT2D eigenvalue weighted by Gasteiger charge is -2.14. The maximum Gasteiger partial charge on any atom is 0.237 e. The molecule has 72 valence electrons. The molecule has 0 aliphatic rings. The smallest absolute Gasteiger partial charge is 0.237 e. The average Bonchev–Trinajstić information content (AvgIpc) is 2.04. The Bertz CT molecular complexity index is 139. The van der Waals surface area contributed by atoms with Crippen molar-refractivity contribution >= 4 is 5.91 Å². The van der Waals surface area contributed by atoms with Gasteiger partial charge in [-0.2, -0.15) is 0 Å². The molecule has 0 bridgehead atoms. The Hall–Kier alpha value is -0.610. The fourth-order valence-corrected chi connectivity index (χ4v) is 0.838. The Kier molecular flexibility index (Phi) is 5.66. The van der Waals surface area contributed by atoms with Crippen molar-refractivity contribution in [3.05, 3.63) is 0 Å². The number of amides is 1. The topological polar surface area (TPSA) is 75.4 Å². The first-order valence-electron chi connectivity index (χ1n) is 4.28. The van der Waals surface area contributed by atoms with E-state index in [0.29, 0.717) is 6.42 Å². The van der Waals surface area contributed by atoms with Crippen LogP contribution in [0.4, 0.5) is 0 Å². The predicted octanol–water partition coefficient (Wildman–Crippen LogP) is -0.389. The fraction of sp³-hybridized carbons (Fsp3) is 0.875. The molecular formula is C8H18N2O2. The summed E-state index contributed by atoms with van der Waals surface area (Å²) >= 11 is 0. The van der Waals surface area contributed by atoms with E-state index in [0.717, 1.165) is 6.42 Å². The Labute approximate surface area is 73.1 Å². The number of aliphatic hydroxyl groups excluding tert-OH is 1. The summed E-state index contributed by atoms with van der Waals surface area (Å²) in [6.07, 6.45) is 1.58.